The molecule has 2 atom stereocenters. The van der Waals surface area contributed by atoms with Crippen molar-refractivity contribution in [2.45, 2.75) is 51.2 Å². The van der Waals surface area contributed by atoms with Crippen LogP contribution in [0.15, 0.2) is 24.3 Å². The normalized spacial score (nSPS) is 28.6. The molecule has 4 rings (SSSR count). The lowest BCUT2D eigenvalue weighted by molar-refractivity contribution is 0.0227. The van der Waals surface area contributed by atoms with Gasteiger partial charge in [-0.2, -0.15) is 0 Å². The Balaban J connectivity index is 1.29. The number of amides is 1. The lowest BCUT2D eigenvalue weighted by atomic mass is 9.76. The van der Waals surface area contributed by atoms with Crippen molar-refractivity contribution in [2.75, 3.05) is 39.3 Å². The first kappa shape index (κ1) is 18.9. The van der Waals surface area contributed by atoms with Gasteiger partial charge in [0, 0.05) is 31.7 Å². The molecule has 0 radical (unpaired) electrons. The van der Waals surface area contributed by atoms with Crippen LogP contribution in [-0.2, 0) is 4.74 Å². The zero-order valence-corrected chi connectivity index (χ0v) is 16.4. The summed E-state index contributed by atoms with van der Waals surface area (Å²) in [7, 11) is 0. The SMILES string of the molecule is Cc1cccc(C(=O)N2CCC3(CC2)CO[C@H](CN2CCC[C@H](O)C2)C3)c1. The van der Waals surface area contributed by atoms with Crippen molar-refractivity contribution in [3.05, 3.63) is 35.4 Å². The Morgan fingerprint density at radius 1 is 1.30 bits per heavy atom. The largest absolute Gasteiger partial charge is 0.392 e. The second-order valence-electron chi connectivity index (χ2n) is 8.85. The number of rotatable bonds is 3. The first-order chi connectivity index (χ1) is 13.0. The molecule has 0 saturated carbocycles. The van der Waals surface area contributed by atoms with Crippen LogP contribution in [-0.4, -0.2) is 72.4 Å². The van der Waals surface area contributed by atoms with Crippen LogP contribution in [0.5, 0.6) is 0 Å². The molecule has 3 aliphatic heterocycles. The number of piperidine rings is 2. The number of aliphatic hydroxyl groups excluding tert-OH is 1. The predicted octanol–water partition coefficient (Wildman–Crippen LogP) is 2.46. The zero-order valence-electron chi connectivity index (χ0n) is 16.4. The fourth-order valence-electron chi connectivity index (χ4n) is 4.99. The average Bonchev–Trinajstić information content (AvgIpc) is 3.04. The lowest BCUT2D eigenvalue weighted by Crippen LogP contribution is -2.44. The molecule has 27 heavy (non-hydrogen) atoms. The van der Waals surface area contributed by atoms with Crippen LogP contribution in [0, 0.1) is 12.3 Å². The monoisotopic (exact) mass is 372 g/mol. The molecule has 3 fully saturated rings. The summed E-state index contributed by atoms with van der Waals surface area (Å²) in [5, 5.41) is 9.87. The van der Waals surface area contributed by atoms with Crippen LogP contribution >= 0.6 is 0 Å². The molecule has 0 aliphatic carbocycles. The van der Waals surface area contributed by atoms with Crippen molar-refractivity contribution in [3.8, 4) is 0 Å². The highest BCUT2D eigenvalue weighted by Gasteiger charge is 2.43. The summed E-state index contributed by atoms with van der Waals surface area (Å²) >= 11 is 0. The van der Waals surface area contributed by atoms with Crippen LogP contribution in [0.1, 0.15) is 48.0 Å². The Kier molecular flexibility index (Phi) is 5.53. The van der Waals surface area contributed by atoms with Crippen molar-refractivity contribution in [1.29, 1.82) is 0 Å². The van der Waals surface area contributed by atoms with Gasteiger partial charge in [0.2, 0.25) is 0 Å². The number of aliphatic hydroxyl groups is 1. The first-order valence-corrected chi connectivity index (χ1v) is 10.4. The maximum Gasteiger partial charge on any atom is 0.253 e. The summed E-state index contributed by atoms with van der Waals surface area (Å²) in [6.45, 7) is 7.29. The van der Waals surface area contributed by atoms with Gasteiger partial charge >= 0.3 is 0 Å². The fourth-order valence-corrected chi connectivity index (χ4v) is 4.99. The second-order valence-corrected chi connectivity index (χ2v) is 8.85. The van der Waals surface area contributed by atoms with Crippen LogP contribution < -0.4 is 0 Å². The van der Waals surface area contributed by atoms with E-state index in [4.69, 9.17) is 4.74 Å². The molecule has 0 aromatic heterocycles. The molecule has 3 heterocycles. The van der Waals surface area contributed by atoms with Crippen molar-refractivity contribution >= 4 is 5.91 Å². The Hall–Kier alpha value is -1.43. The molecular weight excluding hydrogens is 340 g/mol. The van der Waals surface area contributed by atoms with Gasteiger partial charge in [0.1, 0.15) is 0 Å². The molecule has 148 valence electrons. The Morgan fingerprint density at radius 3 is 2.85 bits per heavy atom. The maximum absolute atomic E-state index is 12.8. The van der Waals surface area contributed by atoms with E-state index in [-0.39, 0.29) is 23.5 Å². The number of β-amino-alcohol motifs (C(OH)–C–C–N with tert-alkyl or cyclic N) is 1. The Bertz CT molecular complexity index is 669. The number of carbonyl (C=O) groups is 1. The third-order valence-corrected chi connectivity index (χ3v) is 6.60. The summed E-state index contributed by atoms with van der Waals surface area (Å²) in [5.41, 5.74) is 2.17. The average molecular weight is 373 g/mol. The zero-order chi connectivity index (χ0) is 18.9. The molecule has 5 nitrogen and oxygen atoms in total. The van der Waals surface area contributed by atoms with Crippen molar-refractivity contribution in [2.24, 2.45) is 5.41 Å². The minimum absolute atomic E-state index is 0.159. The summed E-state index contributed by atoms with van der Waals surface area (Å²) in [4.78, 5) is 17.1. The van der Waals surface area contributed by atoms with E-state index in [1.807, 2.05) is 36.1 Å². The van der Waals surface area contributed by atoms with Gasteiger partial charge in [0.05, 0.1) is 18.8 Å². The van der Waals surface area contributed by atoms with E-state index < -0.39 is 0 Å². The van der Waals surface area contributed by atoms with Crippen molar-refractivity contribution in [3.63, 3.8) is 0 Å². The summed E-state index contributed by atoms with van der Waals surface area (Å²) in [6.07, 6.45) is 5.25. The van der Waals surface area contributed by atoms with Crippen molar-refractivity contribution in [1.82, 2.24) is 9.80 Å². The van der Waals surface area contributed by atoms with Gasteiger partial charge < -0.3 is 14.7 Å². The first-order valence-electron chi connectivity index (χ1n) is 10.4. The minimum Gasteiger partial charge on any atom is -0.392 e. The predicted molar refractivity (Wildman–Crippen MR) is 105 cm³/mol. The molecule has 0 unspecified atom stereocenters. The smallest absolute Gasteiger partial charge is 0.253 e. The third-order valence-electron chi connectivity index (χ3n) is 6.60. The minimum atomic E-state index is -0.176. The van der Waals surface area contributed by atoms with E-state index in [0.29, 0.717) is 0 Å². The fraction of sp³-hybridized carbons (Fsp3) is 0.682. The Morgan fingerprint density at radius 2 is 2.11 bits per heavy atom. The summed E-state index contributed by atoms with van der Waals surface area (Å²) < 4.78 is 6.15. The molecule has 0 bridgehead atoms. The van der Waals surface area contributed by atoms with E-state index in [1.54, 1.807) is 0 Å². The quantitative estimate of drug-likeness (QED) is 0.886. The van der Waals surface area contributed by atoms with Crippen LogP contribution in [0.4, 0.5) is 0 Å². The molecule has 1 amide bonds. The van der Waals surface area contributed by atoms with E-state index in [1.165, 1.54) is 0 Å². The molecular formula is C22H32N2O3. The number of nitrogens with zero attached hydrogens (tertiary/aromatic N) is 2. The molecule has 5 heteroatoms. The summed E-state index contributed by atoms with van der Waals surface area (Å²) in [5.74, 6) is 0.159. The number of carbonyl (C=O) groups excluding carboxylic acids is 1. The second kappa shape index (κ2) is 7.90. The number of aryl methyl sites for hydroxylation is 1. The number of hydrogen-bond acceptors (Lipinski definition) is 4. The number of hydrogen-bond donors (Lipinski definition) is 1. The topological polar surface area (TPSA) is 53.0 Å². The van der Waals surface area contributed by atoms with Gasteiger partial charge in [-0.3, -0.25) is 9.69 Å². The molecule has 1 aromatic rings. The van der Waals surface area contributed by atoms with Gasteiger partial charge in [0.25, 0.3) is 5.91 Å². The number of likely N-dealkylation sites (tertiary alicyclic amines) is 2. The van der Waals surface area contributed by atoms with E-state index in [2.05, 4.69) is 4.90 Å². The van der Waals surface area contributed by atoms with Crippen LogP contribution in [0.2, 0.25) is 0 Å². The number of benzene rings is 1. The van der Waals surface area contributed by atoms with Gasteiger partial charge in [-0.05, 0) is 63.1 Å². The molecule has 1 spiro atoms. The van der Waals surface area contributed by atoms with E-state index >= 15 is 0 Å². The highest BCUT2D eigenvalue weighted by molar-refractivity contribution is 5.94. The van der Waals surface area contributed by atoms with Gasteiger partial charge in [-0.1, -0.05) is 17.7 Å². The highest BCUT2D eigenvalue weighted by Crippen LogP contribution is 2.42. The van der Waals surface area contributed by atoms with Crippen molar-refractivity contribution < 1.29 is 14.6 Å². The lowest BCUT2D eigenvalue weighted by Gasteiger charge is -2.38. The van der Waals surface area contributed by atoms with Gasteiger partial charge in [-0.25, -0.2) is 0 Å². The van der Waals surface area contributed by atoms with Gasteiger partial charge in [0.15, 0.2) is 0 Å². The Labute approximate surface area is 162 Å². The van der Waals surface area contributed by atoms with E-state index in [0.717, 1.165) is 82.6 Å². The summed E-state index contributed by atoms with van der Waals surface area (Å²) in [6, 6.07) is 7.89. The molecule has 3 aliphatic rings. The molecule has 1 aromatic carbocycles. The number of ether oxygens (including phenoxy) is 1. The molecule has 1 N–H and O–H groups in total. The standard InChI is InChI=1S/C22H32N2O3/c1-17-4-2-5-18(12-17)21(26)24-10-7-22(8-11-24)13-20(27-16-22)15-23-9-3-6-19(25)14-23/h2,4-5,12,19-20,25H,3,6-11,13-16H2,1H3/t19-,20-/m0/s1. The van der Waals surface area contributed by atoms with Crippen LogP contribution in [0.3, 0.4) is 0 Å². The van der Waals surface area contributed by atoms with Gasteiger partial charge in [-0.15, -0.1) is 0 Å². The molecule has 3 saturated heterocycles. The highest BCUT2D eigenvalue weighted by atomic mass is 16.5. The van der Waals surface area contributed by atoms with E-state index in [9.17, 15) is 9.90 Å². The van der Waals surface area contributed by atoms with Crippen LogP contribution in [0.25, 0.3) is 0 Å². The maximum atomic E-state index is 12.8. The third kappa shape index (κ3) is 4.36.